The average Bonchev–Trinajstić information content (AvgIpc) is 3.15. The van der Waals surface area contributed by atoms with Crippen LogP contribution in [0.2, 0.25) is 0 Å². The van der Waals surface area contributed by atoms with Crippen LogP contribution in [0.1, 0.15) is 21.5 Å². The fourth-order valence-electron chi connectivity index (χ4n) is 3.32. The van der Waals surface area contributed by atoms with Gasteiger partial charge < -0.3 is 9.97 Å². The monoisotopic (exact) mass is 400 g/mol. The number of aryl methyl sites for hydroxylation is 1. The van der Waals surface area contributed by atoms with E-state index in [2.05, 4.69) is 20.8 Å². The molecule has 0 aliphatic rings. The Balaban J connectivity index is 1.41. The molecule has 150 valence electrons. The Kier molecular flexibility index (Phi) is 5.17. The molecule has 0 atom stereocenters. The Morgan fingerprint density at radius 3 is 2.60 bits per heavy atom. The van der Waals surface area contributed by atoms with Gasteiger partial charge in [-0.1, -0.05) is 42.0 Å². The van der Waals surface area contributed by atoms with Crippen molar-refractivity contribution in [3.8, 4) is 11.3 Å². The molecular formula is C23H20N4O3. The molecule has 0 fully saturated rings. The van der Waals surface area contributed by atoms with Gasteiger partial charge in [-0.2, -0.15) is 0 Å². The zero-order valence-corrected chi connectivity index (χ0v) is 16.3. The molecule has 4 rings (SSSR count). The van der Waals surface area contributed by atoms with Crippen LogP contribution >= 0.6 is 0 Å². The minimum Gasteiger partial charge on any atom is -0.361 e. The lowest BCUT2D eigenvalue weighted by molar-refractivity contribution is -0.121. The number of rotatable bonds is 4. The van der Waals surface area contributed by atoms with E-state index >= 15 is 0 Å². The van der Waals surface area contributed by atoms with Crippen molar-refractivity contribution in [3.05, 3.63) is 93.9 Å². The summed E-state index contributed by atoms with van der Waals surface area (Å²) in [6.07, 6.45) is 1.85. The van der Waals surface area contributed by atoms with E-state index in [9.17, 15) is 14.4 Å². The van der Waals surface area contributed by atoms with Crippen molar-refractivity contribution < 1.29 is 9.59 Å². The summed E-state index contributed by atoms with van der Waals surface area (Å²) < 4.78 is 0. The number of pyridine rings is 1. The summed E-state index contributed by atoms with van der Waals surface area (Å²) in [7, 11) is 0. The van der Waals surface area contributed by atoms with Crippen molar-refractivity contribution in [1.29, 1.82) is 0 Å². The molecule has 7 nitrogen and oxygen atoms in total. The number of hydrogen-bond donors (Lipinski definition) is 4. The molecule has 2 heterocycles. The summed E-state index contributed by atoms with van der Waals surface area (Å²) in [5, 5.41) is 0.946. The van der Waals surface area contributed by atoms with Gasteiger partial charge in [-0.3, -0.25) is 25.2 Å². The number of para-hydroxylation sites is 1. The Labute approximate surface area is 172 Å². The first-order valence-corrected chi connectivity index (χ1v) is 9.46. The Hall–Kier alpha value is -4.13. The van der Waals surface area contributed by atoms with E-state index in [1.165, 1.54) is 6.07 Å². The summed E-state index contributed by atoms with van der Waals surface area (Å²) in [4.78, 5) is 42.7. The number of carbonyl (C=O) groups is 2. The molecule has 4 N–H and O–H groups in total. The third-order valence-electron chi connectivity index (χ3n) is 4.82. The lowest BCUT2D eigenvalue weighted by Gasteiger charge is -2.08. The number of H-pyrrole nitrogens is 2. The van der Waals surface area contributed by atoms with Gasteiger partial charge in [0.2, 0.25) is 5.91 Å². The predicted octanol–water partition coefficient (Wildman–Crippen LogP) is 2.84. The van der Waals surface area contributed by atoms with Gasteiger partial charge in [0, 0.05) is 22.8 Å². The maximum atomic E-state index is 12.4. The zero-order chi connectivity index (χ0) is 21.1. The number of nitrogens with one attached hydrogen (secondary N) is 4. The SMILES string of the molecule is Cc1cccc(-c2ccc(C(=O)NNC(=O)Cc3c[nH]c4ccccc34)c(=O)[nH]2)c1. The van der Waals surface area contributed by atoms with Crippen molar-refractivity contribution in [2.75, 3.05) is 0 Å². The topological polar surface area (TPSA) is 107 Å². The third-order valence-corrected chi connectivity index (χ3v) is 4.82. The van der Waals surface area contributed by atoms with Crippen molar-refractivity contribution in [2.45, 2.75) is 13.3 Å². The molecule has 0 unspecified atom stereocenters. The van der Waals surface area contributed by atoms with E-state index in [1.807, 2.05) is 55.5 Å². The van der Waals surface area contributed by atoms with Crippen molar-refractivity contribution >= 4 is 22.7 Å². The Bertz CT molecular complexity index is 1300. The van der Waals surface area contributed by atoms with Crippen LogP contribution in [0, 0.1) is 6.92 Å². The van der Waals surface area contributed by atoms with Crippen LogP contribution in [0.25, 0.3) is 22.2 Å². The van der Waals surface area contributed by atoms with E-state index in [4.69, 9.17) is 0 Å². The highest BCUT2D eigenvalue weighted by Crippen LogP contribution is 2.18. The molecule has 2 aromatic heterocycles. The first-order chi connectivity index (χ1) is 14.5. The summed E-state index contributed by atoms with van der Waals surface area (Å²) in [6, 6.07) is 18.4. The van der Waals surface area contributed by atoms with Gasteiger partial charge in [-0.05, 0) is 42.3 Å². The molecule has 0 spiro atoms. The quantitative estimate of drug-likeness (QED) is 0.396. The lowest BCUT2D eigenvalue weighted by atomic mass is 10.1. The number of aromatic nitrogens is 2. The number of benzene rings is 2. The van der Waals surface area contributed by atoms with Crippen molar-refractivity contribution in [2.24, 2.45) is 0 Å². The van der Waals surface area contributed by atoms with E-state index in [1.54, 1.807) is 12.3 Å². The van der Waals surface area contributed by atoms with Gasteiger partial charge in [0.05, 0.1) is 6.42 Å². The number of amides is 2. The summed E-state index contributed by atoms with van der Waals surface area (Å²) in [5.41, 5.74) is 8.33. The van der Waals surface area contributed by atoms with Crippen LogP contribution < -0.4 is 16.4 Å². The van der Waals surface area contributed by atoms with Gasteiger partial charge in [-0.15, -0.1) is 0 Å². The minimum absolute atomic E-state index is 0.0844. The Morgan fingerprint density at radius 1 is 0.967 bits per heavy atom. The second-order valence-corrected chi connectivity index (χ2v) is 7.02. The number of hydrazine groups is 1. The largest absolute Gasteiger partial charge is 0.361 e. The van der Waals surface area contributed by atoms with Crippen molar-refractivity contribution in [3.63, 3.8) is 0 Å². The lowest BCUT2D eigenvalue weighted by Crippen LogP contribution is -2.44. The highest BCUT2D eigenvalue weighted by molar-refractivity contribution is 5.96. The zero-order valence-electron chi connectivity index (χ0n) is 16.3. The molecule has 0 saturated carbocycles. The number of carbonyl (C=O) groups excluding carboxylic acids is 2. The summed E-state index contributed by atoms with van der Waals surface area (Å²) in [5.74, 6) is -1.07. The predicted molar refractivity (Wildman–Crippen MR) is 115 cm³/mol. The van der Waals surface area contributed by atoms with Crippen LogP contribution in [0.4, 0.5) is 0 Å². The van der Waals surface area contributed by atoms with Crippen LogP contribution in [-0.2, 0) is 11.2 Å². The molecule has 2 aromatic carbocycles. The number of aromatic amines is 2. The molecule has 30 heavy (non-hydrogen) atoms. The van der Waals surface area contributed by atoms with E-state index in [0.717, 1.165) is 27.6 Å². The van der Waals surface area contributed by atoms with Gasteiger partial charge in [-0.25, -0.2) is 0 Å². The molecule has 0 saturated heterocycles. The molecule has 0 aliphatic heterocycles. The van der Waals surface area contributed by atoms with Crippen LogP contribution in [0.3, 0.4) is 0 Å². The normalized spacial score (nSPS) is 10.7. The van der Waals surface area contributed by atoms with E-state index in [-0.39, 0.29) is 17.9 Å². The van der Waals surface area contributed by atoms with E-state index in [0.29, 0.717) is 5.69 Å². The molecule has 7 heteroatoms. The van der Waals surface area contributed by atoms with Gasteiger partial charge in [0.25, 0.3) is 11.5 Å². The van der Waals surface area contributed by atoms with Crippen LogP contribution in [-0.4, -0.2) is 21.8 Å². The molecule has 0 aliphatic carbocycles. The fourth-order valence-corrected chi connectivity index (χ4v) is 3.32. The van der Waals surface area contributed by atoms with Crippen LogP contribution in [0.5, 0.6) is 0 Å². The minimum atomic E-state index is -0.681. The smallest absolute Gasteiger partial charge is 0.275 e. The standard InChI is InChI=1S/C23H20N4O3/c1-14-5-4-6-15(11-14)19-10-9-18(22(29)25-19)23(30)27-26-21(28)12-16-13-24-20-8-3-2-7-17(16)20/h2-11,13,24H,12H2,1H3,(H,25,29)(H,26,28)(H,27,30). The molecule has 0 radical (unpaired) electrons. The average molecular weight is 400 g/mol. The molecule has 4 aromatic rings. The fraction of sp³-hybridized carbons (Fsp3) is 0.0870. The first kappa shape index (κ1) is 19.2. The maximum Gasteiger partial charge on any atom is 0.275 e. The van der Waals surface area contributed by atoms with Crippen LogP contribution in [0.15, 0.2) is 71.7 Å². The summed E-state index contributed by atoms with van der Waals surface area (Å²) in [6.45, 7) is 1.96. The number of hydrogen-bond acceptors (Lipinski definition) is 3. The van der Waals surface area contributed by atoms with Crippen molar-refractivity contribution in [1.82, 2.24) is 20.8 Å². The molecular weight excluding hydrogens is 380 g/mol. The molecule has 0 bridgehead atoms. The highest BCUT2D eigenvalue weighted by atomic mass is 16.2. The first-order valence-electron chi connectivity index (χ1n) is 9.46. The third kappa shape index (κ3) is 4.00. The van der Waals surface area contributed by atoms with E-state index < -0.39 is 11.5 Å². The number of fused-ring (bicyclic) bond motifs is 1. The van der Waals surface area contributed by atoms with Gasteiger partial charge >= 0.3 is 0 Å². The van der Waals surface area contributed by atoms with Gasteiger partial charge in [0.1, 0.15) is 5.56 Å². The maximum absolute atomic E-state index is 12.4. The van der Waals surface area contributed by atoms with Gasteiger partial charge in [0.15, 0.2) is 0 Å². The Morgan fingerprint density at radius 2 is 1.80 bits per heavy atom. The second-order valence-electron chi connectivity index (χ2n) is 7.02. The molecule has 2 amide bonds. The summed E-state index contributed by atoms with van der Waals surface area (Å²) >= 11 is 0. The highest BCUT2D eigenvalue weighted by Gasteiger charge is 2.14. The second kappa shape index (κ2) is 8.08.